The molecule has 0 aliphatic rings. The molecule has 11 nitrogen and oxygen atoms in total. The Balaban J connectivity index is 1.53. The second-order valence-electron chi connectivity index (χ2n) is 8.36. The Labute approximate surface area is 248 Å². The van der Waals surface area contributed by atoms with Crippen LogP contribution in [-0.2, 0) is 10.0 Å². The highest BCUT2D eigenvalue weighted by Gasteiger charge is 2.22. The van der Waals surface area contributed by atoms with Crippen LogP contribution in [-0.4, -0.2) is 51.5 Å². The van der Waals surface area contributed by atoms with E-state index in [9.17, 15) is 8.42 Å². The van der Waals surface area contributed by atoms with Crippen LogP contribution in [0.25, 0.3) is 28.9 Å². The van der Waals surface area contributed by atoms with E-state index in [2.05, 4.69) is 50.6 Å². The largest absolute Gasteiger partial charge is 0.473 e. The Kier molecular flexibility index (Phi) is 8.91. The van der Waals surface area contributed by atoms with Crippen molar-refractivity contribution < 1.29 is 17.9 Å². The Bertz CT molecular complexity index is 1740. The van der Waals surface area contributed by atoms with Crippen LogP contribution in [0.5, 0.6) is 11.9 Å². The van der Waals surface area contributed by atoms with Crippen molar-refractivity contribution in [3.05, 3.63) is 93.0 Å². The minimum Gasteiger partial charge on any atom is -0.473 e. The molecule has 41 heavy (non-hydrogen) atoms. The number of hydrogen-bond donors (Lipinski definition) is 1. The van der Waals surface area contributed by atoms with Gasteiger partial charge in [0.05, 0.1) is 15.4 Å². The van der Waals surface area contributed by atoms with Gasteiger partial charge in [-0.1, -0.05) is 35.9 Å². The summed E-state index contributed by atoms with van der Waals surface area (Å²) in [6.07, 6.45) is 7.74. The highest BCUT2D eigenvalue weighted by Crippen LogP contribution is 2.37. The van der Waals surface area contributed by atoms with Gasteiger partial charge in [0.25, 0.3) is 10.0 Å². The van der Waals surface area contributed by atoms with E-state index < -0.39 is 10.0 Å². The Morgan fingerprint density at radius 3 is 2.37 bits per heavy atom. The van der Waals surface area contributed by atoms with Gasteiger partial charge in [0.15, 0.2) is 11.6 Å². The lowest BCUT2D eigenvalue weighted by molar-refractivity contribution is 0.202. The first kappa shape index (κ1) is 28.3. The smallest absolute Gasteiger partial charge is 0.316 e. The molecular weight excluding hydrogens is 630 g/mol. The van der Waals surface area contributed by atoms with Crippen molar-refractivity contribution in [2.45, 2.75) is 6.92 Å². The molecule has 5 rings (SSSR count). The van der Waals surface area contributed by atoms with Gasteiger partial charge in [0.1, 0.15) is 13.2 Å². The number of rotatable bonds is 11. The number of thiophene rings is 1. The van der Waals surface area contributed by atoms with E-state index in [1.165, 1.54) is 17.4 Å². The van der Waals surface area contributed by atoms with Crippen LogP contribution in [0, 0.1) is 6.92 Å². The maximum atomic E-state index is 13.2. The number of hydrogen-bond acceptors (Lipinski definition) is 11. The van der Waals surface area contributed by atoms with Gasteiger partial charge in [-0.05, 0) is 52.0 Å². The number of aryl methyl sites for hydroxylation is 1. The normalized spacial score (nSPS) is 11.5. The van der Waals surface area contributed by atoms with E-state index in [0.717, 1.165) is 20.3 Å². The van der Waals surface area contributed by atoms with Gasteiger partial charge >= 0.3 is 6.01 Å². The van der Waals surface area contributed by atoms with Gasteiger partial charge in [-0.3, -0.25) is 4.72 Å². The molecule has 0 spiro atoms. The van der Waals surface area contributed by atoms with E-state index in [1.807, 2.05) is 48.7 Å². The molecule has 4 heterocycles. The number of nitrogens with zero attached hydrogens (tertiary/aromatic N) is 6. The molecule has 1 N–H and O–H groups in total. The van der Waals surface area contributed by atoms with Crippen molar-refractivity contribution >= 4 is 49.2 Å². The van der Waals surface area contributed by atoms with Crippen molar-refractivity contribution in [1.29, 1.82) is 0 Å². The zero-order valence-electron chi connectivity index (χ0n) is 21.5. The van der Waals surface area contributed by atoms with Crippen LogP contribution in [0.15, 0.2) is 82.5 Å². The summed E-state index contributed by atoms with van der Waals surface area (Å²) in [6.45, 7) is 2.10. The summed E-state index contributed by atoms with van der Waals surface area (Å²) in [7, 11) is -3.99. The number of aromatic nitrogens is 6. The van der Waals surface area contributed by atoms with Gasteiger partial charge in [0.2, 0.25) is 11.7 Å². The fourth-order valence-electron chi connectivity index (χ4n) is 3.47. The van der Waals surface area contributed by atoms with Crippen LogP contribution in [0.1, 0.15) is 10.4 Å². The maximum Gasteiger partial charge on any atom is 0.316 e. The summed E-state index contributed by atoms with van der Waals surface area (Å²) >= 11 is 4.70. The van der Waals surface area contributed by atoms with Crippen molar-refractivity contribution in [1.82, 2.24) is 29.9 Å². The SMILES string of the molecule is Cc1ccc(-c2c(NS(=O)(=O)/C=C\c3cccs3)nc(-c3ncccn3)nc2OCCOc2ncc(Br)cn2)cc1. The van der Waals surface area contributed by atoms with E-state index in [1.54, 1.807) is 30.9 Å². The predicted molar refractivity (Wildman–Crippen MR) is 160 cm³/mol. The molecule has 0 unspecified atom stereocenters. The zero-order chi connectivity index (χ0) is 28.7. The van der Waals surface area contributed by atoms with Crippen LogP contribution in [0.3, 0.4) is 0 Å². The Hall–Kier alpha value is -4.27. The molecule has 0 saturated heterocycles. The number of halogens is 1. The number of anilines is 1. The summed E-state index contributed by atoms with van der Waals surface area (Å²) in [4.78, 5) is 26.5. The van der Waals surface area contributed by atoms with Gasteiger partial charge in [-0.15, -0.1) is 11.3 Å². The van der Waals surface area contributed by atoms with Gasteiger partial charge in [0, 0.05) is 29.7 Å². The first-order chi connectivity index (χ1) is 19.9. The highest BCUT2D eigenvalue weighted by molar-refractivity contribution is 9.10. The molecule has 1 aromatic carbocycles. The summed E-state index contributed by atoms with van der Waals surface area (Å²) in [5.74, 6) is 0.399. The average molecular weight is 653 g/mol. The van der Waals surface area contributed by atoms with Crippen molar-refractivity contribution in [3.63, 3.8) is 0 Å². The molecule has 0 aliphatic carbocycles. The van der Waals surface area contributed by atoms with E-state index in [-0.39, 0.29) is 42.6 Å². The van der Waals surface area contributed by atoms with E-state index in [0.29, 0.717) is 11.1 Å². The molecule has 208 valence electrons. The topological polar surface area (TPSA) is 142 Å². The van der Waals surface area contributed by atoms with Crippen LogP contribution >= 0.6 is 27.3 Å². The second kappa shape index (κ2) is 12.9. The molecule has 0 atom stereocenters. The molecule has 0 bridgehead atoms. The Morgan fingerprint density at radius 2 is 1.66 bits per heavy atom. The fraction of sp³-hybridized carbons (Fsp3) is 0.111. The highest BCUT2D eigenvalue weighted by atomic mass is 79.9. The average Bonchev–Trinajstić information content (AvgIpc) is 3.50. The number of ether oxygens (including phenoxy) is 2. The number of sulfonamides is 1. The van der Waals surface area contributed by atoms with E-state index in [4.69, 9.17) is 9.47 Å². The van der Waals surface area contributed by atoms with Crippen molar-refractivity contribution in [2.24, 2.45) is 0 Å². The minimum atomic E-state index is -3.99. The van der Waals surface area contributed by atoms with Crippen molar-refractivity contribution in [2.75, 3.05) is 17.9 Å². The molecule has 0 amide bonds. The third-order valence-electron chi connectivity index (χ3n) is 5.33. The first-order valence-corrected chi connectivity index (χ1v) is 15.3. The molecule has 0 saturated carbocycles. The maximum absolute atomic E-state index is 13.2. The van der Waals surface area contributed by atoms with Crippen LogP contribution in [0.4, 0.5) is 5.82 Å². The Morgan fingerprint density at radius 1 is 0.927 bits per heavy atom. The van der Waals surface area contributed by atoms with Crippen LogP contribution in [0.2, 0.25) is 0 Å². The van der Waals surface area contributed by atoms with Crippen molar-refractivity contribution in [3.8, 4) is 34.7 Å². The summed E-state index contributed by atoms with van der Waals surface area (Å²) < 4.78 is 41.3. The summed E-state index contributed by atoms with van der Waals surface area (Å²) in [5, 5.41) is 2.95. The lowest BCUT2D eigenvalue weighted by Crippen LogP contribution is -2.16. The van der Waals surface area contributed by atoms with Gasteiger partial charge in [-0.25, -0.2) is 33.3 Å². The summed E-state index contributed by atoms with van der Waals surface area (Å²) in [6, 6.07) is 13.0. The van der Waals surface area contributed by atoms with Crippen LogP contribution < -0.4 is 14.2 Å². The molecular formula is C27H22BrN7O4S2. The predicted octanol–water partition coefficient (Wildman–Crippen LogP) is 5.39. The van der Waals surface area contributed by atoms with E-state index >= 15 is 0 Å². The molecule has 4 aromatic heterocycles. The molecule has 14 heteroatoms. The lowest BCUT2D eigenvalue weighted by atomic mass is 10.1. The second-order valence-corrected chi connectivity index (χ2v) is 11.8. The van der Waals surface area contributed by atoms with Gasteiger partial charge < -0.3 is 9.47 Å². The lowest BCUT2D eigenvalue weighted by Gasteiger charge is -2.16. The number of benzene rings is 1. The third kappa shape index (κ3) is 7.68. The molecule has 5 aromatic rings. The number of nitrogens with one attached hydrogen (secondary N) is 1. The first-order valence-electron chi connectivity index (χ1n) is 12.1. The fourth-order valence-corrected chi connectivity index (χ4v) is 5.19. The zero-order valence-corrected chi connectivity index (χ0v) is 24.7. The molecule has 0 radical (unpaired) electrons. The van der Waals surface area contributed by atoms with Gasteiger partial charge in [-0.2, -0.15) is 4.98 Å². The minimum absolute atomic E-state index is 0.00861. The summed E-state index contributed by atoms with van der Waals surface area (Å²) in [5.41, 5.74) is 2.01. The molecule has 0 fully saturated rings. The quantitative estimate of drug-likeness (QED) is 0.185. The third-order valence-corrected chi connectivity index (χ3v) is 7.54. The standard InChI is InChI=1S/C27H22BrN7O4S2/c1-18-5-7-19(8-6-18)22-23(35-41(36,37)15-9-21-4-2-14-40-21)33-25(24-29-10-3-11-30-24)34-26(22)38-12-13-39-27-31-16-20(28)17-32-27/h2-11,14-17H,12-13H2,1H3,(H,33,34,35)/b15-9-. The molecule has 0 aliphatic heterocycles. The monoisotopic (exact) mass is 651 g/mol.